The standard InChI is InChI=1S/C11H9ClN4O3S/c1-19-9(17)8-14-11(20-16-8)15-10(18)13-7-4-2-6(12)3-5-7/h2-5H,1H3,(H2,13,14,15,16,18). The van der Waals surface area contributed by atoms with Gasteiger partial charge in [-0.2, -0.15) is 9.36 Å². The van der Waals surface area contributed by atoms with E-state index in [0.29, 0.717) is 10.7 Å². The van der Waals surface area contributed by atoms with Crippen molar-refractivity contribution < 1.29 is 14.3 Å². The molecule has 0 aliphatic rings. The second kappa shape index (κ2) is 6.31. The van der Waals surface area contributed by atoms with E-state index in [1.165, 1.54) is 7.11 Å². The molecule has 0 aliphatic carbocycles. The van der Waals surface area contributed by atoms with Crippen molar-refractivity contribution in [3.8, 4) is 0 Å². The van der Waals surface area contributed by atoms with Crippen LogP contribution in [0.5, 0.6) is 0 Å². The van der Waals surface area contributed by atoms with Crippen molar-refractivity contribution >= 4 is 46.0 Å². The van der Waals surface area contributed by atoms with Gasteiger partial charge in [0.1, 0.15) is 0 Å². The zero-order chi connectivity index (χ0) is 14.5. The van der Waals surface area contributed by atoms with Gasteiger partial charge in [-0.1, -0.05) is 11.6 Å². The Morgan fingerprint density at radius 2 is 1.95 bits per heavy atom. The summed E-state index contributed by atoms with van der Waals surface area (Å²) < 4.78 is 8.22. The Morgan fingerprint density at radius 3 is 2.60 bits per heavy atom. The highest BCUT2D eigenvalue weighted by molar-refractivity contribution is 7.10. The van der Waals surface area contributed by atoms with E-state index in [-0.39, 0.29) is 11.0 Å². The molecule has 2 aromatic rings. The Labute approximate surface area is 123 Å². The molecule has 2 rings (SSSR count). The Kier molecular flexibility index (Phi) is 4.49. The van der Waals surface area contributed by atoms with E-state index in [1.807, 2.05) is 0 Å². The van der Waals surface area contributed by atoms with E-state index >= 15 is 0 Å². The third-order valence-electron chi connectivity index (χ3n) is 2.12. The summed E-state index contributed by atoms with van der Waals surface area (Å²) in [4.78, 5) is 26.7. The molecule has 0 radical (unpaired) electrons. The molecule has 1 aromatic carbocycles. The van der Waals surface area contributed by atoms with Crippen molar-refractivity contribution in [3.05, 3.63) is 35.1 Å². The van der Waals surface area contributed by atoms with Crippen LogP contribution in [0.1, 0.15) is 10.6 Å². The fourth-order valence-electron chi connectivity index (χ4n) is 1.24. The van der Waals surface area contributed by atoms with Crippen molar-refractivity contribution in [3.63, 3.8) is 0 Å². The smallest absolute Gasteiger partial charge is 0.377 e. The van der Waals surface area contributed by atoms with E-state index in [4.69, 9.17) is 11.6 Å². The predicted octanol–water partition coefficient (Wildman–Crippen LogP) is 2.62. The van der Waals surface area contributed by atoms with Crippen LogP contribution in [0.15, 0.2) is 24.3 Å². The van der Waals surface area contributed by atoms with Gasteiger partial charge >= 0.3 is 12.0 Å². The summed E-state index contributed by atoms with van der Waals surface area (Å²) in [7, 11) is 1.23. The predicted molar refractivity (Wildman–Crippen MR) is 75.3 cm³/mol. The van der Waals surface area contributed by atoms with Crippen molar-refractivity contribution in [2.45, 2.75) is 0 Å². The number of benzene rings is 1. The number of rotatable bonds is 3. The SMILES string of the molecule is COC(=O)c1nsc(NC(=O)Nc2ccc(Cl)cc2)n1. The molecule has 9 heteroatoms. The largest absolute Gasteiger partial charge is 0.463 e. The van der Waals surface area contributed by atoms with Crippen LogP contribution < -0.4 is 10.6 Å². The van der Waals surface area contributed by atoms with Crippen molar-refractivity contribution in [1.29, 1.82) is 0 Å². The molecule has 20 heavy (non-hydrogen) atoms. The lowest BCUT2D eigenvalue weighted by Gasteiger charge is -2.04. The molecule has 0 atom stereocenters. The Morgan fingerprint density at radius 1 is 1.25 bits per heavy atom. The van der Waals surface area contributed by atoms with Gasteiger partial charge in [-0.05, 0) is 24.3 Å². The Balaban J connectivity index is 1.96. The van der Waals surface area contributed by atoms with Gasteiger partial charge in [0.25, 0.3) is 5.82 Å². The summed E-state index contributed by atoms with van der Waals surface area (Å²) in [6.45, 7) is 0. The zero-order valence-corrected chi connectivity index (χ0v) is 11.8. The summed E-state index contributed by atoms with van der Waals surface area (Å²) >= 11 is 6.62. The number of amides is 2. The first-order valence-electron chi connectivity index (χ1n) is 5.34. The van der Waals surface area contributed by atoms with E-state index < -0.39 is 12.0 Å². The number of nitrogens with one attached hydrogen (secondary N) is 2. The third-order valence-corrected chi connectivity index (χ3v) is 3.00. The van der Waals surface area contributed by atoms with Crippen LogP contribution in [-0.2, 0) is 4.74 Å². The van der Waals surface area contributed by atoms with Crippen molar-refractivity contribution in [2.75, 3.05) is 17.7 Å². The quantitative estimate of drug-likeness (QED) is 0.850. The Bertz CT molecular complexity index is 629. The van der Waals surface area contributed by atoms with Crippen LogP contribution in [0.3, 0.4) is 0 Å². The van der Waals surface area contributed by atoms with Crippen molar-refractivity contribution in [1.82, 2.24) is 9.36 Å². The molecule has 2 N–H and O–H groups in total. The van der Waals surface area contributed by atoms with E-state index in [0.717, 1.165) is 11.5 Å². The van der Waals surface area contributed by atoms with Crippen LogP contribution in [0.4, 0.5) is 15.6 Å². The molecule has 1 heterocycles. The number of esters is 1. The molecule has 0 aliphatic heterocycles. The lowest BCUT2D eigenvalue weighted by molar-refractivity contribution is 0.0588. The zero-order valence-electron chi connectivity index (χ0n) is 10.2. The summed E-state index contributed by atoms with van der Waals surface area (Å²) in [5, 5.41) is 5.81. The number of aromatic nitrogens is 2. The second-order valence-corrected chi connectivity index (χ2v) is 4.69. The third kappa shape index (κ3) is 3.65. The summed E-state index contributed by atoms with van der Waals surface area (Å²) in [5.74, 6) is -0.758. The molecule has 1 aromatic heterocycles. The number of nitrogens with zero attached hydrogens (tertiary/aromatic N) is 2. The second-order valence-electron chi connectivity index (χ2n) is 3.50. The van der Waals surface area contributed by atoms with E-state index in [1.54, 1.807) is 24.3 Å². The van der Waals surface area contributed by atoms with Crippen molar-refractivity contribution in [2.24, 2.45) is 0 Å². The number of halogens is 1. The summed E-state index contributed by atoms with van der Waals surface area (Å²) in [6, 6.07) is 6.11. The fourth-order valence-corrected chi connectivity index (χ4v) is 1.92. The number of methoxy groups -OCH3 is 1. The van der Waals surface area contributed by atoms with Gasteiger partial charge in [0.05, 0.1) is 7.11 Å². The molecule has 104 valence electrons. The minimum atomic E-state index is -0.660. The number of carbonyl (C=O) groups excluding carboxylic acids is 2. The molecule has 0 fully saturated rings. The van der Waals surface area contributed by atoms with Crippen LogP contribution in [-0.4, -0.2) is 28.5 Å². The number of ether oxygens (including phenoxy) is 1. The monoisotopic (exact) mass is 312 g/mol. The maximum Gasteiger partial charge on any atom is 0.377 e. The van der Waals surface area contributed by atoms with Gasteiger partial charge in [-0.25, -0.2) is 9.59 Å². The first-order valence-corrected chi connectivity index (χ1v) is 6.49. The molecule has 0 bridgehead atoms. The first-order chi connectivity index (χ1) is 9.58. The first kappa shape index (κ1) is 14.2. The van der Waals surface area contributed by atoms with Crippen LogP contribution >= 0.6 is 23.1 Å². The molecule has 7 nitrogen and oxygen atoms in total. The number of anilines is 2. The summed E-state index contributed by atoms with van der Waals surface area (Å²) in [6.07, 6.45) is 0. The number of urea groups is 1. The average molecular weight is 313 g/mol. The highest BCUT2D eigenvalue weighted by atomic mass is 35.5. The minimum absolute atomic E-state index is 0.0979. The minimum Gasteiger partial charge on any atom is -0.463 e. The van der Waals surface area contributed by atoms with Gasteiger partial charge in [-0.3, -0.25) is 5.32 Å². The lowest BCUT2D eigenvalue weighted by atomic mass is 10.3. The maximum absolute atomic E-state index is 11.7. The summed E-state index contributed by atoms with van der Waals surface area (Å²) in [5.41, 5.74) is 0.574. The van der Waals surface area contributed by atoms with E-state index in [2.05, 4.69) is 24.7 Å². The molecular formula is C11H9ClN4O3S. The maximum atomic E-state index is 11.7. The van der Waals surface area contributed by atoms with Crippen LogP contribution in [0.2, 0.25) is 5.02 Å². The molecule has 0 saturated carbocycles. The fraction of sp³-hybridized carbons (Fsp3) is 0.0909. The molecule has 2 amide bonds. The highest BCUT2D eigenvalue weighted by Crippen LogP contribution is 2.15. The normalized spacial score (nSPS) is 9.90. The van der Waals surface area contributed by atoms with Gasteiger partial charge in [0.15, 0.2) is 0 Å². The van der Waals surface area contributed by atoms with Gasteiger partial charge in [0, 0.05) is 22.2 Å². The molecule has 0 unspecified atom stereocenters. The number of hydrogen-bond donors (Lipinski definition) is 2. The van der Waals surface area contributed by atoms with Crippen LogP contribution in [0.25, 0.3) is 0 Å². The molecular weight excluding hydrogens is 304 g/mol. The highest BCUT2D eigenvalue weighted by Gasteiger charge is 2.14. The van der Waals surface area contributed by atoms with Gasteiger partial charge in [0.2, 0.25) is 5.13 Å². The average Bonchev–Trinajstić information content (AvgIpc) is 2.89. The lowest BCUT2D eigenvalue weighted by Crippen LogP contribution is -2.19. The van der Waals surface area contributed by atoms with E-state index in [9.17, 15) is 9.59 Å². The van der Waals surface area contributed by atoms with Gasteiger partial charge in [-0.15, -0.1) is 0 Å². The Hall–Kier alpha value is -2.19. The topological polar surface area (TPSA) is 93.2 Å². The molecule has 0 saturated heterocycles. The van der Waals surface area contributed by atoms with Crippen LogP contribution in [0, 0.1) is 0 Å². The number of hydrogen-bond acceptors (Lipinski definition) is 6. The number of carbonyl (C=O) groups is 2. The molecule has 0 spiro atoms. The van der Waals surface area contributed by atoms with Gasteiger partial charge < -0.3 is 10.1 Å².